The van der Waals surface area contributed by atoms with E-state index >= 15 is 0 Å². The fourth-order valence-electron chi connectivity index (χ4n) is 1.95. The summed E-state index contributed by atoms with van der Waals surface area (Å²) in [4.78, 5) is 28.8. The summed E-state index contributed by atoms with van der Waals surface area (Å²) in [7, 11) is 0. The smallest absolute Gasteiger partial charge is 0.255 e. The largest absolute Gasteiger partial charge is 0.352 e. The third-order valence-corrected chi connectivity index (χ3v) is 3.07. The number of rotatable bonds is 1. The van der Waals surface area contributed by atoms with E-state index in [0.717, 1.165) is 6.07 Å². The summed E-state index contributed by atoms with van der Waals surface area (Å²) < 4.78 is 13.0. The molecule has 0 aliphatic carbocycles. The first-order valence-electron chi connectivity index (χ1n) is 5.65. The average Bonchev–Trinajstić information content (AvgIpc) is 2.32. The molecule has 1 fully saturated rings. The summed E-state index contributed by atoms with van der Waals surface area (Å²) >= 11 is 0. The van der Waals surface area contributed by atoms with Crippen LogP contribution in [-0.2, 0) is 4.79 Å². The third kappa shape index (κ3) is 2.05. The molecule has 1 aliphatic heterocycles. The molecule has 0 unspecified atom stereocenters. The Morgan fingerprint density at radius 2 is 2.28 bits per heavy atom. The van der Waals surface area contributed by atoms with Gasteiger partial charge in [-0.1, -0.05) is 0 Å². The third-order valence-electron chi connectivity index (χ3n) is 3.07. The number of aromatic nitrogens is 1. The number of piperazine rings is 1. The number of halogens is 1. The number of amides is 2. The fraction of sp³-hybridized carbons (Fsp3) is 0.417. The van der Waals surface area contributed by atoms with Crippen molar-refractivity contribution in [2.24, 2.45) is 0 Å². The molecule has 6 heteroatoms. The number of hydrogen-bond donors (Lipinski definition) is 1. The molecule has 2 rings (SSSR count). The van der Waals surface area contributed by atoms with Gasteiger partial charge in [0.05, 0.1) is 0 Å². The molecule has 0 saturated carbocycles. The zero-order valence-corrected chi connectivity index (χ0v) is 10.2. The molecule has 1 saturated heterocycles. The highest BCUT2D eigenvalue weighted by Crippen LogP contribution is 2.20. The van der Waals surface area contributed by atoms with Gasteiger partial charge in [-0.25, -0.2) is 4.98 Å². The number of nitrogens with zero attached hydrogens (tertiary/aromatic N) is 2. The molecular weight excluding hydrogens is 237 g/mol. The molecule has 1 aromatic rings. The molecule has 96 valence electrons. The van der Waals surface area contributed by atoms with Gasteiger partial charge in [-0.05, 0) is 19.9 Å². The molecule has 1 aliphatic rings. The van der Waals surface area contributed by atoms with Crippen molar-refractivity contribution in [3.63, 3.8) is 0 Å². The monoisotopic (exact) mass is 251 g/mol. The second-order valence-corrected chi connectivity index (χ2v) is 4.64. The number of nitrogens with one attached hydrogen (secondary N) is 1. The molecule has 0 atom stereocenters. The fourth-order valence-corrected chi connectivity index (χ4v) is 1.95. The Bertz CT molecular complexity index is 502. The number of carbonyl (C=O) groups excluding carboxylic acids is 2. The summed E-state index contributed by atoms with van der Waals surface area (Å²) in [6, 6.07) is 2.51. The molecule has 0 aromatic carbocycles. The molecule has 2 heterocycles. The normalized spacial score (nSPS) is 18.4. The lowest BCUT2D eigenvalue weighted by Gasteiger charge is -2.41. The van der Waals surface area contributed by atoms with Crippen LogP contribution in [0.2, 0.25) is 0 Å². The summed E-state index contributed by atoms with van der Waals surface area (Å²) in [6.45, 7) is 4.14. The van der Waals surface area contributed by atoms with Crippen molar-refractivity contribution in [2.75, 3.05) is 13.1 Å². The van der Waals surface area contributed by atoms with Crippen LogP contribution in [0.15, 0.2) is 18.3 Å². The van der Waals surface area contributed by atoms with Crippen LogP contribution in [0, 0.1) is 5.95 Å². The van der Waals surface area contributed by atoms with Crippen LogP contribution >= 0.6 is 0 Å². The van der Waals surface area contributed by atoms with Crippen molar-refractivity contribution in [1.82, 2.24) is 15.2 Å². The average molecular weight is 251 g/mol. The number of pyridine rings is 1. The zero-order chi connectivity index (χ0) is 13.3. The SMILES string of the molecule is CC1(C)C(=O)NCCN1C(=O)c1ccnc(F)c1. The van der Waals surface area contributed by atoms with Gasteiger partial charge in [0.15, 0.2) is 0 Å². The Labute approximate surface area is 104 Å². The minimum atomic E-state index is -0.935. The second-order valence-electron chi connectivity index (χ2n) is 4.64. The van der Waals surface area contributed by atoms with E-state index in [9.17, 15) is 14.0 Å². The lowest BCUT2D eigenvalue weighted by molar-refractivity contribution is -0.133. The van der Waals surface area contributed by atoms with E-state index < -0.39 is 11.5 Å². The van der Waals surface area contributed by atoms with Gasteiger partial charge in [0.2, 0.25) is 11.9 Å². The molecule has 0 radical (unpaired) electrons. The predicted molar refractivity (Wildman–Crippen MR) is 62.3 cm³/mol. The Morgan fingerprint density at radius 3 is 2.94 bits per heavy atom. The molecule has 0 spiro atoms. The van der Waals surface area contributed by atoms with Crippen molar-refractivity contribution in [3.05, 3.63) is 29.8 Å². The van der Waals surface area contributed by atoms with E-state index in [1.165, 1.54) is 17.2 Å². The molecule has 1 N–H and O–H groups in total. The summed E-state index contributed by atoms with van der Waals surface area (Å²) in [5.41, 5.74) is -0.736. The molecule has 5 nitrogen and oxygen atoms in total. The first kappa shape index (κ1) is 12.5. The van der Waals surface area contributed by atoms with Crippen LogP contribution in [0.1, 0.15) is 24.2 Å². The van der Waals surface area contributed by atoms with E-state index in [1.807, 2.05) is 0 Å². The summed E-state index contributed by atoms with van der Waals surface area (Å²) in [5, 5.41) is 2.70. The highest BCUT2D eigenvalue weighted by molar-refractivity contribution is 5.99. The van der Waals surface area contributed by atoms with Crippen LogP contribution in [0.3, 0.4) is 0 Å². The van der Waals surface area contributed by atoms with Gasteiger partial charge >= 0.3 is 0 Å². The minimum Gasteiger partial charge on any atom is -0.352 e. The molecule has 1 aromatic heterocycles. The van der Waals surface area contributed by atoms with Gasteiger partial charge < -0.3 is 10.2 Å². The second kappa shape index (κ2) is 4.36. The van der Waals surface area contributed by atoms with Gasteiger partial charge in [-0.3, -0.25) is 9.59 Å². The lowest BCUT2D eigenvalue weighted by atomic mass is 9.98. The summed E-state index contributed by atoms with van der Waals surface area (Å²) in [5.74, 6) is -1.28. The zero-order valence-electron chi connectivity index (χ0n) is 10.2. The van der Waals surface area contributed by atoms with Crippen LogP contribution in [0.4, 0.5) is 4.39 Å². The quantitative estimate of drug-likeness (QED) is 0.742. The van der Waals surface area contributed by atoms with Crippen molar-refractivity contribution in [3.8, 4) is 0 Å². The van der Waals surface area contributed by atoms with Crippen LogP contribution in [0.5, 0.6) is 0 Å². The number of hydrogen-bond acceptors (Lipinski definition) is 3. The van der Waals surface area contributed by atoms with Crippen molar-refractivity contribution in [2.45, 2.75) is 19.4 Å². The Kier molecular flexibility index (Phi) is 3.02. The first-order valence-corrected chi connectivity index (χ1v) is 5.65. The maximum Gasteiger partial charge on any atom is 0.255 e. The maximum absolute atomic E-state index is 13.0. The van der Waals surface area contributed by atoms with Gasteiger partial charge in [0, 0.05) is 30.9 Å². The highest BCUT2D eigenvalue weighted by Gasteiger charge is 2.40. The topological polar surface area (TPSA) is 62.3 Å². The van der Waals surface area contributed by atoms with E-state index in [0.29, 0.717) is 13.1 Å². The summed E-state index contributed by atoms with van der Waals surface area (Å²) in [6.07, 6.45) is 1.24. The van der Waals surface area contributed by atoms with Gasteiger partial charge in [-0.15, -0.1) is 0 Å². The Balaban J connectivity index is 2.31. The van der Waals surface area contributed by atoms with E-state index in [2.05, 4.69) is 10.3 Å². The molecular formula is C12H14FN3O2. The Hall–Kier alpha value is -1.98. The van der Waals surface area contributed by atoms with Crippen molar-refractivity contribution < 1.29 is 14.0 Å². The van der Waals surface area contributed by atoms with Gasteiger partial charge in [0.1, 0.15) is 5.54 Å². The van der Waals surface area contributed by atoms with E-state index in [-0.39, 0.29) is 17.4 Å². The van der Waals surface area contributed by atoms with Gasteiger partial charge in [-0.2, -0.15) is 4.39 Å². The first-order chi connectivity index (χ1) is 8.43. The molecule has 0 bridgehead atoms. The van der Waals surface area contributed by atoms with Crippen molar-refractivity contribution >= 4 is 11.8 Å². The standard InChI is InChI=1S/C12H14FN3O2/c1-12(2)11(18)15-5-6-16(12)10(17)8-3-4-14-9(13)7-8/h3-4,7H,5-6H2,1-2H3,(H,15,18). The van der Waals surface area contributed by atoms with Gasteiger partial charge in [0.25, 0.3) is 5.91 Å². The van der Waals surface area contributed by atoms with Crippen molar-refractivity contribution in [1.29, 1.82) is 0 Å². The Morgan fingerprint density at radius 1 is 1.56 bits per heavy atom. The highest BCUT2D eigenvalue weighted by atomic mass is 19.1. The molecule has 18 heavy (non-hydrogen) atoms. The lowest BCUT2D eigenvalue weighted by Crippen LogP contribution is -2.63. The molecule has 2 amide bonds. The maximum atomic E-state index is 13.0. The van der Waals surface area contributed by atoms with Crippen LogP contribution < -0.4 is 5.32 Å². The van der Waals surface area contributed by atoms with Crippen LogP contribution in [-0.4, -0.2) is 40.3 Å². The minimum absolute atomic E-state index is 0.199. The predicted octanol–water partition coefficient (Wildman–Crippen LogP) is 0.571. The number of carbonyl (C=O) groups is 2. The van der Waals surface area contributed by atoms with Crippen LogP contribution in [0.25, 0.3) is 0 Å². The van der Waals surface area contributed by atoms with E-state index in [4.69, 9.17) is 0 Å². The van der Waals surface area contributed by atoms with E-state index in [1.54, 1.807) is 13.8 Å².